The van der Waals surface area contributed by atoms with Gasteiger partial charge < -0.3 is 9.47 Å². The van der Waals surface area contributed by atoms with Crippen molar-refractivity contribution in [2.24, 2.45) is 0 Å². The summed E-state index contributed by atoms with van der Waals surface area (Å²) in [6.07, 6.45) is 5.81. The summed E-state index contributed by atoms with van der Waals surface area (Å²) in [4.78, 5) is 13.9. The summed E-state index contributed by atoms with van der Waals surface area (Å²) < 4.78 is 11.1. The molecule has 0 bridgehead atoms. The molecule has 0 aromatic heterocycles. The average molecular weight is 255 g/mol. The van der Waals surface area contributed by atoms with Crippen LogP contribution in [0.2, 0.25) is 0 Å². The number of hydrogen-bond donors (Lipinski definition) is 0. The predicted octanol–water partition coefficient (Wildman–Crippen LogP) is 2.69. The first-order valence-corrected chi connectivity index (χ1v) is 6.89. The number of hydrogen-bond acceptors (Lipinski definition) is 3. The molecule has 1 atom stereocenters. The van der Waals surface area contributed by atoms with Gasteiger partial charge >= 0.3 is 0 Å². The first-order chi connectivity index (χ1) is 8.74. The molecule has 0 spiro atoms. The van der Waals surface area contributed by atoms with Gasteiger partial charge in [-0.05, 0) is 39.5 Å². The number of likely N-dealkylation sites (tertiary alicyclic amines) is 1. The van der Waals surface area contributed by atoms with Gasteiger partial charge in [0, 0.05) is 25.7 Å². The SMILES string of the molecule is C=CCCC1CCCC(=O)N1C(OCC)OCC. The minimum absolute atomic E-state index is 0.141. The van der Waals surface area contributed by atoms with Crippen LogP contribution in [0.5, 0.6) is 0 Å². The molecule has 1 aliphatic rings. The van der Waals surface area contributed by atoms with Crippen molar-refractivity contribution in [2.45, 2.75) is 58.4 Å². The van der Waals surface area contributed by atoms with E-state index in [1.807, 2.05) is 19.9 Å². The van der Waals surface area contributed by atoms with Crippen LogP contribution in [-0.2, 0) is 14.3 Å². The second-order valence-electron chi connectivity index (χ2n) is 4.43. The predicted molar refractivity (Wildman–Crippen MR) is 71.0 cm³/mol. The van der Waals surface area contributed by atoms with Crippen LogP contribution in [0.25, 0.3) is 0 Å². The van der Waals surface area contributed by atoms with Gasteiger partial charge in [-0.25, -0.2) is 0 Å². The molecule has 0 saturated carbocycles. The zero-order chi connectivity index (χ0) is 13.4. The van der Waals surface area contributed by atoms with Crippen LogP contribution in [0.15, 0.2) is 12.7 Å². The number of amides is 1. The first kappa shape index (κ1) is 15.2. The molecule has 0 aromatic carbocycles. The Balaban J connectivity index is 2.73. The quantitative estimate of drug-likeness (QED) is 0.494. The van der Waals surface area contributed by atoms with Gasteiger partial charge in [-0.15, -0.1) is 6.58 Å². The molecule has 0 radical (unpaired) electrons. The Labute approximate surface area is 110 Å². The second kappa shape index (κ2) is 8.27. The maximum absolute atomic E-state index is 12.1. The van der Waals surface area contributed by atoms with E-state index in [0.29, 0.717) is 19.6 Å². The molecule has 0 aliphatic carbocycles. The van der Waals surface area contributed by atoms with Crippen molar-refractivity contribution < 1.29 is 14.3 Å². The number of carbonyl (C=O) groups is 1. The molecule has 1 aliphatic heterocycles. The van der Waals surface area contributed by atoms with Gasteiger partial charge in [-0.2, -0.15) is 0 Å². The summed E-state index contributed by atoms with van der Waals surface area (Å²) in [5.74, 6) is 0.141. The van der Waals surface area contributed by atoms with E-state index in [1.54, 1.807) is 4.90 Å². The van der Waals surface area contributed by atoms with E-state index in [4.69, 9.17) is 9.47 Å². The molecule has 4 heteroatoms. The molecule has 1 fully saturated rings. The Morgan fingerprint density at radius 2 is 2.11 bits per heavy atom. The minimum atomic E-state index is -0.525. The zero-order valence-corrected chi connectivity index (χ0v) is 11.6. The van der Waals surface area contributed by atoms with Gasteiger partial charge in [0.25, 0.3) is 0 Å². The van der Waals surface area contributed by atoms with Crippen molar-refractivity contribution in [1.29, 1.82) is 0 Å². The second-order valence-corrected chi connectivity index (χ2v) is 4.43. The summed E-state index contributed by atoms with van der Waals surface area (Å²) in [6, 6.07) is 0.215. The van der Waals surface area contributed by atoms with Gasteiger partial charge in [0.05, 0.1) is 0 Å². The third kappa shape index (κ3) is 4.10. The third-order valence-corrected chi connectivity index (χ3v) is 3.16. The lowest BCUT2D eigenvalue weighted by molar-refractivity contribution is -0.233. The van der Waals surface area contributed by atoms with E-state index >= 15 is 0 Å². The summed E-state index contributed by atoms with van der Waals surface area (Å²) in [5.41, 5.74) is 0. The van der Waals surface area contributed by atoms with Crippen LogP contribution < -0.4 is 0 Å². The van der Waals surface area contributed by atoms with E-state index < -0.39 is 6.41 Å². The highest BCUT2D eigenvalue weighted by atomic mass is 16.7. The molecule has 1 saturated heterocycles. The highest BCUT2D eigenvalue weighted by Gasteiger charge is 2.34. The molecule has 1 unspecified atom stereocenters. The van der Waals surface area contributed by atoms with Crippen LogP contribution in [0, 0.1) is 0 Å². The Morgan fingerprint density at radius 3 is 2.67 bits per heavy atom. The standard InChI is InChI=1S/C14H25NO3/c1-4-7-9-12-10-8-11-13(16)15(12)14(17-5-2)18-6-3/h4,12,14H,1,5-11H2,2-3H3. The first-order valence-electron chi connectivity index (χ1n) is 6.89. The fourth-order valence-electron chi connectivity index (χ4n) is 2.34. The molecule has 18 heavy (non-hydrogen) atoms. The molecule has 1 amide bonds. The van der Waals surface area contributed by atoms with E-state index in [9.17, 15) is 4.79 Å². The van der Waals surface area contributed by atoms with Crippen LogP contribution in [-0.4, -0.2) is 36.5 Å². The normalized spacial score (nSPS) is 20.5. The van der Waals surface area contributed by atoms with E-state index in [0.717, 1.165) is 25.7 Å². The van der Waals surface area contributed by atoms with Gasteiger partial charge in [-0.3, -0.25) is 9.69 Å². The lowest BCUT2D eigenvalue weighted by atomic mass is 9.98. The van der Waals surface area contributed by atoms with E-state index in [-0.39, 0.29) is 11.9 Å². The number of allylic oxidation sites excluding steroid dienone is 1. The molecule has 0 aromatic rings. The smallest absolute Gasteiger partial charge is 0.242 e. The minimum Gasteiger partial charge on any atom is -0.335 e. The summed E-state index contributed by atoms with van der Waals surface area (Å²) in [5, 5.41) is 0. The number of nitrogens with zero attached hydrogens (tertiary/aromatic N) is 1. The van der Waals surface area contributed by atoms with Gasteiger partial charge in [0.15, 0.2) is 0 Å². The van der Waals surface area contributed by atoms with Crippen LogP contribution >= 0.6 is 0 Å². The summed E-state index contributed by atoms with van der Waals surface area (Å²) in [7, 11) is 0. The molecular formula is C14H25NO3. The van der Waals surface area contributed by atoms with Crippen molar-refractivity contribution in [3.05, 3.63) is 12.7 Å². The number of ether oxygens (including phenoxy) is 2. The molecule has 104 valence electrons. The Hall–Kier alpha value is -0.870. The fraction of sp³-hybridized carbons (Fsp3) is 0.786. The largest absolute Gasteiger partial charge is 0.335 e. The van der Waals surface area contributed by atoms with Gasteiger partial charge in [-0.1, -0.05) is 6.08 Å². The van der Waals surface area contributed by atoms with Crippen LogP contribution in [0.1, 0.15) is 46.0 Å². The lowest BCUT2D eigenvalue weighted by Gasteiger charge is -2.40. The van der Waals surface area contributed by atoms with Crippen molar-refractivity contribution in [2.75, 3.05) is 13.2 Å². The Kier molecular flexibility index (Phi) is 6.98. The molecule has 0 N–H and O–H groups in total. The fourth-order valence-corrected chi connectivity index (χ4v) is 2.34. The third-order valence-electron chi connectivity index (χ3n) is 3.16. The monoisotopic (exact) mass is 255 g/mol. The van der Waals surface area contributed by atoms with Crippen molar-refractivity contribution >= 4 is 5.91 Å². The highest BCUT2D eigenvalue weighted by molar-refractivity contribution is 5.77. The molecule has 1 heterocycles. The molecule has 4 nitrogen and oxygen atoms in total. The van der Waals surface area contributed by atoms with E-state index in [2.05, 4.69) is 6.58 Å². The molecular weight excluding hydrogens is 230 g/mol. The zero-order valence-electron chi connectivity index (χ0n) is 11.6. The van der Waals surface area contributed by atoms with Gasteiger partial charge in [0.2, 0.25) is 12.3 Å². The number of carbonyl (C=O) groups excluding carboxylic acids is 1. The summed E-state index contributed by atoms with van der Waals surface area (Å²) in [6.45, 7) is 8.66. The maximum atomic E-state index is 12.1. The Morgan fingerprint density at radius 1 is 1.44 bits per heavy atom. The van der Waals surface area contributed by atoms with Crippen LogP contribution in [0.3, 0.4) is 0 Å². The average Bonchev–Trinajstić information content (AvgIpc) is 2.36. The van der Waals surface area contributed by atoms with E-state index in [1.165, 1.54) is 0 Å². The maximum Gasteiger partial charge on any atom is 0.242 e. The molecule has 1 rings (SSSR count). The number of rotatable bonds is 8. The lowest BCUT2D eigenvalue weighted by Crippen LogP contribution is -2.51. The topological polar surface area (TPSA) is 38.8 Å². The highest BCUT2D eigenvalue weighted by Crippen LogP contribution is 2.25. The van der Waals surface area contributed by atoms with Crippen molar-refractivity contribution in [3.8, 4) is 0 Å². The van der Waals surface area contributed by atoms with Gasteiger partial charge in [0.1, 0.15) is 0 Å². The summed E-state index contributed by atoms with van der Waals surface area (Å²) >= 11 is 0. The van der Waals surface area contributed by atoms with Crippen molar-refractivity contribution in [1.82, 2.24) is 4.90 Å². The van der Waals surface area contributed by atoms with Crippen LogP contribution in [0.4, 0.5) is 0 Å². The Bertz CT molecular complexity index is 262. The number of piperidine rings is 1. The van der Waals surface area contributed by atoms with Crippen molar-refractivity contribution in [3.63, 3.8) is 0 Å².